The molecule has 0 fully saturated rings. The van der Waals surface area contributed by atoms with Crippen molar-refractivity contribution in [3.05, 3.63) is 173 Å². The molecule has 1 N–H and O–H groups in total. The summed E-state index contributed by atoms with van der Waals surface area (Å²) in [5.74, 6) is -1.14. The lowest BCUT2D eigenvalue weighted by Crippen LogP contribution is -2.35. The Morgan fingerprint density at radius 3 is 1.53 bits per heavy atom. The lowest BCUT2D eigenvalue weighted by atomic mass is 9.98. The first-order valence-corrected chi connectivity index (χ1v) is 24.5. The van der Waals surface area contributed by atoms with Crippen molar-refractivity contribution < 1.29 is 57.5 Å². The van der Waals surface area contributed by atoms with Gasteiger partial charge in [0, 0.05) is 18.2 Å². The maximum atomic E-state index is 13.6. The van der Waals surface area contributed by atoms with E-state index in [0.29, 0.717) is 46.0 Å². The molecule has 70 heavy (non-hydrogen) atoms. The van der Waals surface area contributed by atoms with Gasteiger partial charge < -0.3 is 4.74 Å². The number of rotatable bonds is 14. The molecule has 0 aliphatic heterocycles. The number of halogens is 11. The van der Waals surface area contributed by atoms with Gasteiger partial charge in [-0.1, -0.05) is 109 Å². The number of ketones is 2. The average molecular weight is 1120 g/mol. The van der Waals surface area contributed by atoms with E-state index in [1.54, 1.807) is 55.5 Å². The van der Waals surface area contributed by atoms with E-state index in [-0.39, 0.29) is 56.6 Å². The van der Waals surface area contributed by atoms with E-state index < -0.39 is 81.7 Å². The summed E-state index contributed by atoms with van der Waals surface area (Å²) in [7, 11) is -8.06. The van der Waals surface area contributed by atoms with Crippen molar-refractivity contribution in [2.75, 3.05) is 22.9 Å². The third kappa shape index (κ3) is 12.9. The molecule has 6 rings (SSSR count). The molecule has 0 radical (unpaired) electrons. The molecule has 0 amide bonds. The van der Waals surface area contributed by atoms with Gasteiger partial charge in [0.1, 0.15) is 18.1 Å². The summed E-state index contributed by atoms with van der Waals surface area (Å²) < 4.78 is 141. The first kappa shape index (κ1) is 57.6. The summed E-state index contributed by atoms with van der Waals surface area (Å²) in [5, 5.41) is -1.19. The number of hydrogen-bond donors (Lipinski definition) is 1. The molecule has 2 aromatic heterocycles. The van der Waals surface area contributed by atoms with E-state index >= 15 is 0 Å². The molecule has 2 heterocycles. The van der Waals surface area contributed by atoms with Gasteiger partial charge in [0.25, 0.3) is 20.0 Å². The molecule has 0 bridgehead atoms. The molecule has 0 saturated carbocycles. The Kier molecular flexibility index (Phi) is 19.0. The van der Waals surface area contributed by atoms with Crippen LogP contribution in [-0.4, -0.2) is 52.2 Å². The molecule has 0 unspecified atom stereocenters. The molecule has 374 valence electrons. The number of nitrogens with zero attached hydrogens (tertiary/aromatic N) is 3. The van der Waals surface area contributed by atoms with E-state index in [9.17, 15) is 52.8 Å². The Morgan fingerprint density at radius 1 is 0.629 bits per heavy atom. The van der Waals surface area contributed by atoms with Crippen molar-refractivity contribution in [1.29, 1.82) is 0 Å². The first-order chi connectivity index (χ1) is 32.2. The van der Waals surface area contributed by atoms with Gasteiger partial charge in [-0.05, 0) is 86.3 Å². The van der Waals surface area contributed by atoms with Crippen molar-refractivity contribution in [1.82, 2.24) is 9.97 Å². The predicted octanol–water partition coefficient (Wildman–Crippen LogP) is 13.0. The van der Waals surface area contributed by atoms with E-state index in [0.717, 1.165) is 29.8 Å². The van der Waals surface area contributed by atoms with Crippen LogP contribution in [0.1, 0.15) is 79.6 Å². The Hall–Kier alpha value is -4.99. The molecule has 0 aliphatic rings. The first-order valence-electron chi connectivity index (χ1n) is 20.0. The molecule has 4 aromatic carbocycles. The van der Waals surface area contributed by atoms with Crippen molar-refractivity contribution in [3.63, 3.8) is 0 Å². The number of nitrogens with one attached hydrogen (secondary N) is 1. The summed E-state index contributed by atoms with van der Waals surface area (Å²) in [6, 6.07) is 20.3. The molecule has 0 atom stereocenters. The maximum absolute atomic E-state index is 13.6. The summed E-state index contributed by atoms with van der Waals surface area (Å²) in [6.07, 6.45) is -8.69. The molecule has 0 saturated heterocycles. The Balaban J connectivity index is 0.000000301. The van der Waals surface area contributed by atoms with Gasteiger partial charge in [0.2, 0.25) is 11.6 Å². The highest BCUT2D eigenvalue weighted by molar-refractivity contribution is 7.93. The maximum Gasteiger partial charge on any atom is 0.417 e. The van der Waals surface area contributed by atoms with E-state index in [1.165, 1.54) is 26.2 Å². The third-order valence-electron chi connectivity index (χ3n) is 10.1. The second-order valence-corrected chi connectivity index (χ2v) is 19.9. The van der Waals surface area contributed by atoms with Crippen molar-refractivity contribution in [3.8, 4) is 0 Å². The fourth-order valence-electron chi connectivity index (χ4n) is 6.60. The molecular weight excluding hydrogens is 1080 g/mol. The van der Waals surface area contributed by atoms with Gasteiger partial charge in [-0.25, -0.2) is 31.1 Å². The number of sulfonamides is 2. The Labute approximate surface area is 425 Å². The highest BCUT2D eigenvalue weighted by atomic mass is 35.5. The van der Waals surface area contributed by atoms with E-state index in [2.05, 4.69) is 14.7 Å². The minimum Gasteiger partial charge on any atom is -0.363 e. The lowest BCUT2D eigenvalue weighted by molar-refractivity contribution is -0.138. The zero-order valence-electron chi connectivity index (χ0n) is 37.1. The topological polar surface area (TPSA) is 153 Å². The van der Waals surface area contributed by atoms with Crippen LogP contribution in [0.4, 0.5) is 37.7 Å². The number of anilines is 2. The zero-order valence-corrected chi connectivity index (χ0v) is 42.5. The van der Waals surface area contributed by atoms with Crippen molar-refractivity contribution in [2.45, 2.75) is 62.7 Å². The molecule has 24 heteroatoms. The van der Waals surface area contributed by atoms with Crippen LogP contribution in [0.2, 0.25) is 20.1 Å². The standard InChI is InChI=1S/C24H21Cl2F3N2O4S.C22H17Cl2F3N2O3S.ClH/c1-4-15-7-5-6-8-17(15)23(32)22-21(12-20(26)14(2)30-22)31(13-35-3)36(33,34)16-9-10-19(25)18(11-16)24(27,28)29;1-3-13-6-4-5-7-15(13)21(30)20-19(11-18(24)12(2)28-20)29-33(31,32)14-8-9-17(23)16(10-14)22(25,26)27;/h5-12H,4,13H2,1-3H3;4-11,29H,3H2,1-2H3;1H. The van der Waals surface area contributed by atoms with E-state index in [4.69, 9.17) is 51.1 Å². The smallest absolute Gasteiger partial charge is 0.363 e. The summed E-state index contributed by atoms with van der Waals surface area (Å²) in [5.41, 5.74) is -1.02. The number of hydrogen-bond acceptors (Lipinski definition) is 9. The average Bonchev–Trinajstić information content (AvgIpc) is 3.29. The number of aryl methyl sites for hydroxylation is 4. The summed E-state index contributed by atoms with van der Waals surface area (Å²) in [6.45, 7) is 6.16. The number of benzene rings is 4. The van der Waals surface area contributed by atoms with Gasteiger partial charge in [0.15, 0.2) is 0 Å². The minimum atomic E-state index is -4.89. The van der Waals surface area contributed by atoms with Crippen LogP contribution >= 0.6 is 58.8 Å². The number of alkyl halides is 6. The highest BCUT2D eigenvalue weighted by Crippen LogP contribution is 2.39. The van der Waals surface area contributed by atoms with Gasteiger partial charge >= 0.3 is 12.4 Å². The lowest BCUT2D eigenvalue weighted by Gasteiger charge is -2.26. The number of carbonyl (C=O) groups is 2. The van der Waals surface area contributed by atoms with Crippen LogP contribution in [0.25, 0.3) is 0 Å². The minimum absolute atomic E-state index is 0. The van der Waals surface area contributed by atoms with Crippen LogP contribution in [0.15, 0.2) is 107 Å². The number of carbonyl (C=O) groups excluding carboxylic acids is 2. The summed E-state index contributed by atoms with van der Waals surface area (Å²) in [4.78, 5) is 33.9. The Morgan fingerprint density at radius 2 is 1.06 bits per heavy atom. The van der Waals surface area contributed by atoms with Gasteiger partial charge in [0.05, 0.1) is 63.8 Å². The highest BCUT2D eigenvalue weighted by Gasteiger charge is 2.38. The SMILES string of the molecule is CCc1ccccc1C(=O)c1nc(C)c(Cl)cc1N(COC)S(=O)(=O)c1ccc(Cl)c(C(F)(F)F)c1.CCc1ccccc1C(=O)c1nc(C)c(Cl)cc1NS(=O)(=O)c1ccc(Cl)c(C(F)(F)F)c1.Cl. The molecule has 0 spiro atoms. The number of methoxy groups -OCH3 is 1. The normalized spacial score (nSPS) is 11.8. The number of aromatic nitrogens is 2. The van der Waals surface area contributed by atoms with Gasteiger partial charge in [-0.15, -0.1) is 12.4 Å². The Bertz CT molecular complexity index is 3180. The summed E-state index contributed by atoms with van der Waals surface area (Å²) >= 11 is 23.6. The van der Waals surface area contributed by atoms with E-state index in [1.807, 2.05) is 13.8 Å². The van der Waals surface area contributed by atoms with Crippen LogP contribution in [-0.2, 0) is 50.0 Å². The molecule has 11 nitrogen and oxygen atoms in total. The molecule has 0 aliphatic carbocycles. The van der Waals surface area contributed by atoms with Crippen LogP contribution in [0, 0.1) is 13.8 Å². The quantitative estimate of drug-likeness (QED) is 0.0638. The molecule has 6 aromatic rings. The van der Waals surface area contributed by atoms with Crippen molar-refractivity contribution in [2.24, 2.45) is 0 Å². The molecular formula is C46H39Cl5F6N4O7S2. The largest absolute Gasteiger partial charge is 0.417 e. The van der Waals surface area contributed by atoms with Gasteiger partial charge in [-0.3, -0.25) is 14.3 Å². The monoisotopic (exact) mass is 1110 g/mol. The fourth-order valence-corrected chi connectivity index (χ4v) is 9.84. The van der Waals surface area contributed by atoms with Gasteiger partial charge in [-0.2, -0.15) is 26.3 Å². The fraction of sp³-hybridized carbons (Fsp3) is 0.217. The van der Waals surface area contributed by atoms with Crippen molar-refractivity contribution >= 4 is 102 Å². The number of pyridine rings is 2. The second-order valence-electron chi connectivity index (χ2n) is 14.7. The third-order valence-corrected chi connectivity index (χ3v) is 14.7. The van der Waals surface area contributed by atoms with Crippen LogP contribution in [0.5, 0.6) is 0 Å². The van der Waals surface area contributed by atoms with Crippen LogP contribution in [0.3, 0.4) is 0 Å². The predicted molar refractivity (Wildman–Crippen MR) is 259 cm³/mol. The second kappa shape index (κ2) is 23.0. The van der Waals surface area contributed by atoms with Crippen LogP contribution < -0.4 is 9.03 Å². The number of ether oxygens (including phenoxy) is 1. The zero-order chi connectivity index (χ0) is 51.4.